The molecule has 0 fully saturated rings. The van der Waals surface area contributed by atoms with Crippen molar-refractivity contribution < 1.29 is 0 Å². The molecular formula is C10H12N6O. The van der Waals surface area contributed by atoms with Gasteiger partial charge in [0.15, 0.2) is 5.65 Å². The molecule has 0 saturated carbocycles. The number of hydrogen-bond donors (Lipinski definition) is 1. The van der Waals surface area contributed by atoms with E-state index >= 15 is 0 Å². The molecule has 0 aromatic carbocycles. The highest BCUT2D eigenvalue weighted by molar-refractivity contribution is 5.50. The van der Waals surface area contributed by atoms with E-state index in [0.29, 0.717) is 17.9 Å². The number of aromatic nitrogens is 4. The Labute approximate surface area is 97.3 Å². The monoisotopic (exact) mass is 232 g/mol. The maximum Gasteiger partial charge on any atom is 0.348 e. The number of nitrogens with one attached hydrogen (secondary N) is 1. The van der Waals surface area contributed by atoms with Crippen molar-refractivity contribution in [2.24, 2.45) is 0 Å². The zero-order valence-electron chi connectivity index (χ0n) is 9.58. The van der Waals surface area contributed by atoms with Gasteiger partial charge in [-0.15, -0.1) is 0 Å². The average molecular weight is 232 g/mol. The topological polar surface area (TPSA) is 90.1 Å². The average Bonchev–Trinajstić information content (AvgIpc) is 2.70. The largest absolute Gasteiger partial charge is 0.356 e. The normalized spacial score (nSPS) is 12.3. The zero-order chi connectivity index (χ0) is 12.4. The summed E-state index contributed by atoms with van der Waals surface area (Å²) in [4.78, 5) is 17.3. The highest BCUT2D eigenvalue weighted by atomic mass is 16.1. The van der Waals surface area contributed by atoms with Gasteiger partial charge in [-0.2, -0.15) is 10.4 Å². The molecule has 2 heterocycles. The Hall–Kier alpha value is -2.36. The molecule has 0 amide bonds. The third-order valence-corrected chi connectivity index (χ3v) is 2.70. The number of nitrogens with zero attached hydrogens (tertiary/aromatic N) is 5. The van der Waals surface area contributed by atoms with Crippen molar-refractivity contribution in [2.45, 2.75) is 19.4 Å². The molecule has 2 aromatic rings. The molecule has 2 aromatic heterocycles. The number of nitriles is 1. The number of rotatable bonds is 3. The molecule has 0 aliphatic heterocycles. The van der Waals surface area contributed by atoms with E-state index in [-0.39, 0.29) is 11.7 Å². The maximum atomic E-state index is 11.2. The van der Waals surface area contributed by atoms with Crippen molar-refractivity contribution >= 4 is 11.5 Å². The third kappa shape index (κ3) is 1.97. The first-order chi connectivity index (χ1) is 8.13. The Morgan fingerprint density at radius 1 is 1.71 bits per heavy atom. The number of H-pyrrole nitrogens is 1. The fraction of sp³-hybridized carbons (Fsp3) is 0.400. The predicted molar refractivity (Wildman–Crippen MR) is 61.7 cm³/mol. The van der Waals surface area contributed by atoms with E-state index in [1.54, 1.807) is 6.07 Å². The fourth-order valence-corrected chi connectivity index (χ4v) is 1.49. The second kappa shape index (κ2) is 4.25. The van der Waals surface area contributed by atoms with Crippen molar-refractivity contribution in [3.05, 3.63) is 22.9 Å². The molecular weight excluding hydrogens is 220 g/mol. The van der Waals surface area contributed by atoms with Crippen molar-refractivity contribution in [2.75, 3.05) is 11.9 Å². The van der Waals surface area contributed by atoms with Gasteiger partial charge in [0.1, 0.15) is 12.1 Å². The molecule has 88 valence electrons. The Bertz CT molecular complexity index is 621. The Balaban J connectivity index is 2.36. The van der Waals surface area contributed by atoms with Gasteiger partial charge in [0.25, 0.3) is 0 Å². The van der Waals surface area contributed by atoms with E-state index in [0.717, 1.165) is 0 Å². The SMILES string of the molecule is CC(CC#N)N(C)c1cc2n[nH]c(=O)n2cn1. The van der Waals surface area contributed by atoms with Crippen molar-refractivity contribution in [1.82, 2.24) is 19.6 Å². The van der Waals surface area contributed by atoms with Gasteiger partial charge < -0.3 is 4.90 Å². The number of aromatic amines is 1. The lowest BCUT2D eigenvalue weighted by Gasteiger charge is -2.23. The quantitative estimate of drug-likeness (QED) is 0.813. The molecule has 17 heavy (non-hydrogen) atoms. The lowest BCUT2D eigenvalue weighted by Crippen LogP contribution is -2.29. The van der Waals surface area contributed by atoms with E-state index in [9.17, 15) is 4.79 Å². The summed E-state index contributed by atoms with van der Waals surface area (Å²) in [5.74, 6) is 0.680. The van der Waals surface area contributed by atoms with Crippen LogP contribution in [0.3, 0.4) is 0 Å². The van der Waals surface area contributed by atoms with Gasteiger partial charge in [0.2, 0.25) is 0 Å². The van der Waals surface area contributed by atoms with Crippen molar-refractivity contribution in [1.29, 1.82) is 5.26 Å². The van der Waals surface area contributed by atoms with Crippen LogP contribution in [0, 0.1) is 11.3 Å². The molecule has 7 nitrogen and oxygen atoms in total. The fourth-order valence-electron chi connectivity index (χ4n) is 1.49. The van der Waals surface area contributed by atoms with E-state index < -0.39 is 0 Å². The summed E-state index contributed by atoms with van der Waals surface area (Å²) in [6.07, 6.45) is 1.84. The van der Waals surface area contributed by atoms with E-state index in [4.69, 9.17) is 5.26 Å². The first-order valence-corrected chi connectivity index (χ1v) is 5.16. The molecule has 2 rings (SSSR count). The summed E-state index contributed by atoms with van der Waals surface area (Å²) >= 11 is 0. The van der Waals surface area contributed by atoms with Gasteiger partial charge in [0, 0.05) is 19.2 Å². The lowest BCUT2D eigenvalue weighted by molar-refractivity contribution is 0.692. The number of fused-ring (bicyclic) bond motifs is 1. The Morgan fingerprint density at radius 3 is 3.18 bits per heavy atom. The highest BCUT2D eigenvalue weighted by Gasteiger charge is 2.12. The first kappa shape index (κ1) is 11.1. The summed E-state index contributed by atoms with van der Waals surface area (Å²) in [5.41, 5.74) is 0.197. The van der Waals surface area contributed by atoms with Gasteiger partial charge >= 0.3 is 5.69 Å². The maximum absolute atomic E-state index is 11.2. The minimum absolute atomic E-state index is 0.0561. The van der Waals surface area contributed by atoms with E-state index in [1.807, 2.05) is 18.9 Å². The predicted octanol–water partition coefficient (Wildman–Crippen LogP) is 0.156. The van der Waals surface area contributed by atoms with Crippen LogP contribution in [0.4, 0.5) is 5.82 Å². The number of anilines is 1. The molecule has 0 saturated heterocycles. The van der Waals surface area contributed by atoms with Gasteiger partial charge in [0.05, 0.1) is 12.5 Å². The molecule has 1 N–H and O–H groups in total. The van der Waals surface area contributed by atoms with E-state index in [1.165, 1.54) is 10.7 Å². The second-order valence-corrected chi connectivity index (χ2v) is 3.83. The molecule has 1 atom stereocenters. The minimum atomic E-state index is -0.313. The minimum Gasteiger partial charge on any atom is -0.356 e. The Morgan fingerprint density at radius 2 is 2.47 bits per heavy atom. The summed E-state index contributed by atoms with van der Waals surface area (Å²) in [6, 6.07) is 3.87. The van der Waals surface area contributed by atoms with Crippen LogP contribution < -0.4 is 10.6 Å². The van der Waals surface area contributed by atoms with Gasteiger partial charge in [-0.25, -0.2) is 19.3 Å². The lowest BCUT2D eigenvalue weighted by atomic mass is 10.2. The van der Waals surface area contributed by atoms with Crippen molar-refractivity contribution in [3.8, 4) is 6.07 Å². The summed E-state index contributed by atoms with van der Waals surface area (Å²) in [7, 11) is 1.85. The van der Waals surface area contributed by atoms with Crippen LogP contribution in [0.25, 0.3) is 5.65 Å². The Kier molecular flexibility index (Phi) is 2.78. The highest BCUT2D eigenvalue weighted by Crippen LogP contribution is 2.13. The smallest absolute Gasteiger partial charge is 0.348 e. The van der Waals surface area contributed by atoms with Gasteiger partial charge in [-0.1, -0.05) is 0 Å². The molecule has 7 heteroatoms. The third-order valence-electron chi connectivity index (χ3n) is 2.70. The summed E-state index contributed by atoms with van der Waals surface area (Å²) < 4.78 is 1.33. The first-order valence-electron chi connectivity index (χ1n) is 5.16. The molecule has 0 aliphatic carbocycles. The van der Waals surface area contributed by atoms with E-state index in [2.05, 4.69) is 21.3 Å². The van der Waals surface area contributed by atoms with Crippen LogP contribution in [-0.4, -0.2) is 32.7 Å². The van der Waals surface area contributed by atoms with Crippen LogP contribution in [0.5, 0.6) is 0 Å². The summed E-state index contributed by atoms with van der Waals surface area (Å²) in [5, 5.41) is 14.9. The molecule has 0 bridgehead atoms. The van der Waals surface area contributed by atoms with Gasteiger partial charge in [-0.3, -0.25) is 0 Å². The van der Waals surface area contributed by atoms with Gasteiger partial charge in [-0.05, 0) is 6.92 Å². The van der Waals surface area contributed by atoms with Crippen LogP contribution in [0.1, 0.15) is 13.3 Å². The van der Waals surface area contributed by atoms with Crippen LogP contribution >= 0.6 is 0 Å². The van der Waals surface area contributed by atoms with Crippen LogP contribution in [0.15, 0.2) is 17.2 Å². The molecule has 1 unspecified atom stereocenters. The van der Waals surface area contributed by atoms with Crippen molar-refractivity contribution in [3.63, 3.8) is 0 Å². The molecule has 0 radical (unpaired) electrons. The summed E-state index contributed by atoms with van der Waals surface area (Å²) in [6.45, 7) is 1.94. The molecule has 0 aliphatic rings. The molecule has 0 spiro atoms. The van der Waals surface area contributed by atoms with Crippen LogP contribution in [0.2, 0.25) is 0 Å². The zero-order valence-corrected chi connectivity index (χ0v) is 9.58. The number of hydrogen-bond acceptors (Lipinski definition) is 5. The standard InChI is InChI=1S/C10H12N6O/c1-7(3-4-11)15(2)8-5-9-13-14-10(17)16(9)6-12-8/h5-7H,3H2,1-2H3,(H,14,17). The second-order valence-electron chi connectivity index (χ2n) is 3.83. The van der Waals surface area contributed by atoms with Crippen LogP contribution in [-0.2, 0) is 0 Å².